The van der Waals surface area contributed by atoms with Crippen LogP contribution in [0.1, 0.15) is 36.8 Å². The van der Waals surface area contributed by atoms with Gasteiger partial charge in [-0.3, -0.25) is 9.59 Å². The zero-order valence-corrected chi connectivity index (χ0v) is 17.0. The molecule has 0 aliphatic carbocycles. The molecule has 6 heteroatoms. The molecule has 0 unspecified atom stereocenters. The van der Waals surface area contributed by atoms with Crippen LogP contribution in [0.2, 0.25) is 0 Å². The number of nitrogens with one attached hydrogen (secondary N) is 1. The Bertz CT molecular complexity index is 899. The first-order valence-electron chi connectivity index (χ1n) is 10.7. The number of nitrogens with zero attached hydrogens (tertiary/aromatic N) is 1. The molecule has 2 aliphatic heterocycles. The van der Waals surface area contributed by atoms with Crippen LogP contribution < -0.4 is 10.1 Å². The highest BCUT2D eigenvalue weighted by Gasteiger charge is 2.31. The van der Waals surface area contributed by atoms with Gasteiger partial charge in [0.1, 0.15) is 18.0 Å². The van der Waals surface area contributed by atoms with E-state index >= 15 is 0 Å². The number of aryl methyl sites for hydroxylation is 2. The monoisotopic (exact) mass is 408 g/mol. The predicted molar refractivity (Wildman–Crippen MR) is 114 cm³/mol. The standard InChI is InChI=1S/C24H28N2O4/c27-21-16-26(24(29)8-4-7-17-5-2-1-3-6-17)14-13-22(21)30-19-11-9-18-10-12-23(28)25-20(18)15-19/h1-3,5-6,9,11,15,21-22,27H,4,7-8,10,12-14,16H2,(H,25,28)/t21-,22-/m1/s1. The van der Waals surface area contributed by atoms with Gasteiger partial charge >= 0.3 is 0 Å². The average Bonchev–Trinajstić information content (AvgIpc) is 2.75. The summed E-state index contributed by atoms with van der Waals surface area (Å²) in [5.41, 5.74) is 3.11. The number of piperidine rings is 1. The number of likely N-dealkylation sites (tertiary alicyclic amines) is 1. The van der Waals surface area contributed by atoms with Crippen molar-refractivity contribution in [2.45, 2.75) is 50.7 Å². The van der Waals surface area contributed by atoms with E-state index < -0.39 is 6.10 Å². The normalized spacial score (nSPS) is 21.0. The molecule has 4 rings (SSSR count). The first-order valence-corrected chi connectivity index (χ1v) is 10.7. The van der Waals surface area contributed by atoms with Gasteiger partial charge in [0.15, 0.2) is 0 Å². The summed E-state index contributed by atoms with van der Waals surface area (Å²) in [5, 5.41) is 13.4. The van der Waals surface area contributed by atoms with E-state index in [9.17, 15) is 14.7 Å². The number of carbonyl (C=O) groups excluding carboxylic acids is 2. The van der Waals surface area contributed by atoms with E-state index in [2.05, 4.69) is 17.4 Å². The number of rotatable bonds is 6. The molecule has 0 bridgehead atoms. The molecule has 2 aromatic carbocycles. The molecule has 158 valence electrons. The highest BCUT2D eigenvalue weighted by atomic mass is 16.5. The van der Waals surface area contributed by atoms with Crippen molar-refractivity contribution >= 4 is 17.5 Å². The number of anilines is 1. The lowest BCUT2D eigenvalue weighted by atomic mass is 10.0. The van der Waals surface area contributed by atoms with Crippen LogP contribution in [0.15, 0.2) is 48.5 Å². The lowest BCUT2D eigenvalue weighted by molar-refractivity contribution is -0.137. The zero-order chi connectivity index (χ0) is 20.9. The molecular formula is C24H28N2O4. The number of hydrogen-bond donors (Lipinski definition) is 2. The summed E-state index contributed by atoms with van der Waals surface area (Å²) in [6.07, 6.45) is 2.88. The molecule has 2 aliphatic rings. The smallest absolute Gasteiger partial charge is 0.224 e. The molecule has 30 heavy (non-hydrogen) atoms. The van der Waals surface area contributed by atoms with Gasteiger partial charge in [-0.15, -0.1) is 0 Å². The minimum absolute atomic E-state index is 0.0127. The Morgan fingerprint density at radius 2 is 2.00 bits per heavy atom. The first kappa shape index (κ1) is 20.4. The van der Waals surface area contributed by atoms with Gasteiger partial charge in [0.05, 0.1) is 6.54 Å². The lowest BCUT2D eigenvalue weighted by Gasteiger charge is -2.36. The van der Waals surface area contributed by atoms with Crippen molar-refractivity contribution in [3.05, 3.63) is 59.7 Å². The molecule has 0 saturated carbocycles. The molecule has 0 aromatic heterocycles. The van der Waals surface area contributed by atoms with Gasteiger partial charge in [-0.25, -0.2) is 0 Å². The van der Waals surface area contributed by atoms with Gasteiger partial charge in [-0.05, 0) is 36.5 Å². The molecule has 2 heterocycles. The summed E-state index contributed by atoms with van der Waals surface area (Å²) in [6, 6.07) is 15.8. The molecule has 2 atom stereocenters. The fraction of sp³-hybridized carbons (Fsp3) is 0.417. The SMILES string of the molecule is O=C1CCc2ccc(O[C@@H]3CCN(C(=O)CCCc4ccccc4)C[C@H]3O)cc2N1. The average molecular weight is 408 g/mol. The maximum Gasteiger partial charge on any atom is 0.224 e. The Labute approximate surface area is 176 Å². The zero-order valence-electron chi connectivity index (χ0n) is 17.0. The van der Waals surface area contributed by atoms with Crippen molar-refractivity contribution in [2.24, 2.45) is 0 Å². The molecule has 2 amide bonds. The van der Waals surface area contributed by atoms with Crippen LogP contribution in [0.5, 0.6) is 5.75 Å². The van der Waals surface area contributed by atoms with Crippen molar-refractivity contribution in [1.82, 2.24) is 4.90 Å². The van der Waals surface area contributed by atoms with E-state index in [1.807, 2.05) is 36.4 Å². The number of aliphatic hydroxyl groups is 1. The van der Waals surface area contributed by atoms with Crippen molar-refractivity contribution < 1.29 is 19.4 Å². The summed E-state index contributed by atoms with van der Waals surface area (Å²) in [7, 11) is 0. The molecule has 2 aromatic rings. The van der Waals surface area contributed by atoms with E-state index in [0.717, 1.165) is 30.5 Å². The number of β-amino-alcohol motifs (C(OH)–C–C–N with tert-alkyl or cyclic N) is 1. The van der Waals surface area contributed by atoms with E-state index in [-0.39, 0.29) is 24.5 Å². The van der Waals surface area contributed by atoms with Gasteiger partial charge in [0.2, 0.25) is 11.8 Å². The number of amides is 2. The summed E-state index contributed by atoms with van der Waals surface area (Å²) in [6.45, 7) is 0.865. The number of hydrogen-bond acceptors (Lipinski definition) is 4. The third-order valence-electron chi connectivity index (χ3n) is 5.84. The van der Waals surface area contributed by atoms with Gasteiger partial charge in [0.25, 0.3) is 0 Å². The Morgan fingerprint density at radius 3 is 2.80 bits per heavy atom. The Kier molecular flexibility index (Phi) is 6.33. The molecular weight excluding hydrogens is 380 g/mol. The van der Waals surface area contributed by atoms with Gasteiger partial charge in [-0.1, -0.05) is 36.4 Å². The van der Waals surface area contributed by atoms with Crippen LogP contribution in [-0.2, 0) is 22.4 Å². The number of fused-ring (bicyclic) bond motifs is 1. The minimum Gasteiger partial charge on any atom is -0.488 e. The summed E-state index contributed by atoms with van der Waals surface area (Å²) < 4.78 is 6.00. The lowest BCUT2D eigenvalue weighted by Crippen LogP contribution is -2.51. The fourth-order valence-corrected chi connectivity index (χ4v) is 4.12. The van der Waals surface area contributed by atoms with Gasteiger partial charge in [-0.2, -0.15) is 0 Å². The molecule has 2 N–H and O–H groups in total. The Balaban J connectivity index is 1.26. The van der Waals surface area contributed by atoms with Crippen LogP contribution in [0, 0.1) is 0 Å². The van der Waals surface area contributed by atoms with E-state index in [1.54, 1.807) is 4.90 Å². The topological polar surface area (TPSA) is 78.9 Å². The summed E-state index contributed by atoms with van der Waals surface area (Å²) >= 11 is 0. The first-order chi connectivity index (χ1) is 14.6. The van der Waals surface area contributed by atoms with Gasteiger partial charge < -0.3 is 20.1 Å². The number of benzene rings is 2. The maximum absolute atomic E-state index is 12.5. The molecule has 1 saturated heterocycles. The maximum atomic E-state index is 12.5. The second-order valence-corrected chi connectivity index (χ2v) is 8.06. The number of ether oxygens (including phenoxy) is 1. The van der Waals surface area contributed by atoms with Crippen molar-refractivity contribution in [2.75, 3.05) is 18.4 Å². The quantitative estimate of drug-likeness (QED) is 0.770. The third kappa shape index (κ3) is 5.00. The fourth-order valence-electron chi connectivity index (χ4n) is 4.12. The Morgan fingerprint density at radius 1 is 1.17 bits per heavy atom. The highest BCUT2D eigenvalue weighted by molar-refractivity contribution is 5.94. The highest BCUT2D eigenvalue weighted by Crippen LogP contribution is 2.29. The van der Waals surface area contributed by atoms with Gasteiger partial charge in [0, 0.05) is 37.6 Å². The molecule has 0 spiro atoms. The Hall–Kier alpha value is -2.86. The minimum atomic E-state index is -0.734. The van der Waals surface area contributed by atoms with Crippen molar-refractivity contribution in [3.63, 3.8) is 0 Å². The van der Waals surface area contributed by atoms with Crippen molar-refractivity contribution in [1.29, 1.82) is 0 Å². The largest absolute Gasteiger partial charge is 0.488 e. The van der Waals surface area contributed by atoms with Crippen LogP contribution in [-0.4, -0.2) is 47.1 Å². The third-order valence-corrected chi connectivity index (χ3v) is 5.84. The second kappa shape index (κ2) is 9.30. The summed E-state index contributed by atoms with van der Waals surface area (Å²) in [4.78, 5) is 25.9. The number of carbonyl (C=O) groups is 2. The van der Waals surface area contributed by atoms with Crippen LogP contribution in [0.25, 0.3) is 0 Å². The second-order valence-electron chi connectivity index (χ2n) is 8.06. The van der Waals surface area contributed by atoms with E-state index in [1.165, 1.54) is 5.56 Å². The molecule has 1 fully saturated rings. The van der Waals surface area contributed by atoms with Crippen LogP contribution >= 0.6 is 0 Å². The van der Waals surface area contributed by atoms with Crippen molar-refractivity contribution in [3.8, 4) is 5.75 Å². The van der Waals surface area contributed by atoms with Crippen LogP contribution in [0.3, 0.4) is 0 Å². The van der Waals surface area contributed by atoms with E-state index in [0.29, 0.717) is 31.6 Å². The predicted octanol–water partition coefficient (Wildman–Crippen LogP) is 2.93. The molecule has 0 radical (unpaired) electrons. The molecule has 6 nitrogen and oxygen atoms in total. The number of aliphatic hydroxyl groups excluding tert-OH is 1. The van der Waals surface area contributed by atoms with Crippen LogP contribution in [0.4, 0.5) is 5.69 Å². The summed E-state index contributed by atoms with van der Waals surface area (Å²) in [5.74, 6) is 0.723. The van der Waals surface area contributed by atoms with E-state index in [4.69, 9.17) is 4.74 Å².